The number of sulfonamides is 1. The second kappa shape index (κ2) is 7.69. The molecular weight excluding hydrogens is 382 g/mol. The predicted octanol–water partition coefficient (Wildman–Crippen LogP) is 2.73. The number of nitrogens with one attached hydrogen (secondary N) is 1. The second-order valence-corrected chi connectivity index (χ2v) is 8.81. The molecule has 1 heterocycles. The number of hydrogen-bond acceptors (Lipinski definition) is 5. The zero-order valence-electron chi connectivity index (χ0n) is 15.6. The third kappa shape index (κ3) is 4.05. The Morgan fingerprint density at radius 2 is 1.89 bits per heavy atom. The van der Waals surface area contributed by atoms with Crippen molar-refractivity contribution in [2.24, 2.45) is 5.92 Å². The number of non-ortho nitro benzene ring substituents is 1. The van der Waals surface area contributed by atoms with Crippen LogP contribution in [0, 0.1) is 16.0 Å². The molecule has 1 N–H and O–H groups in total. The Hall–Kier alpha value is -2.78. The summed E-state index contributed by atoms with van der Waals surface area (Å²) in [5.74, 6) is -0.145. The van der Waals surface area contributed by atoms with Gasteiger partial charge in [-0.2, -0.15) is 0 Å². The summed E-state index contributed by atoms with van der Waals surface area (Å²) in [6.07, 6.45) is 0.616. The normalized spacial score (nSPS) is 13.6. The van der Waals surface area contributed by atoms with Gasteiger partial charge in [0.25, 0.3) is 11.6 Å². The van der Waals surface area contributed by atoms with Crippen LogP contribution in [0.25, 0.3) is 0 Å². The smallest absolute Gasteiger partial charge is 0.271 e. The van der Waals surface area contributed by atoms with E-state index in [4.69, 9.17) is 0 Å². The van der Waals surface area contributed by atoms with Crippen molar-refractivity contribution in [3.8, 4) is 0 Å². The van der Waals surface area contributed by atoms with Crippen LogP contribution in [0.15, 0.2) is 47.4 Å². The lowest BCUT2D eigenvalue weighted by Crippen LogP contribution is -2.29. The number of nitro benzene ring substituents is 1. The van der Waals surface area contributed by atoms with Crippen molar-refractivity contribution in [3.05, 3.63) is 63.7 Å². The van der Waals surface area contributed by atoms with E-state index in [0.29, 0.717) is 30.8 Å². The number of carbonyl (C=O) groups is 1. The Morgan fingerprint density at radius 3 is 2.50 bits per heavy atom. The lowest BCUT2D eigenvalue weighted by atomic mass is 10.1. The number of nitrogens with zero attached hydrogens (tertiary/aromatic N) is 2. The van der Waals surface area contributed by atoms with E-state index < -0.39 is 14.9 Å². The van der Waals surface area contributed by atoms with Crippen molar-refractivity contribution in [1.29, 1.82) is 0 Å². The minimum atomic E-state index is -3.63. The number of fused-ring (bicyclic) bond motifs is 1. The average molecular weight is 403 g/mol. The Labute approximate surface area is 163 Å². The van der Waals surface area contributed by atoms with Gasteiger partial charge in [-0.15, -0.1) is 0 Å². The zero-order valence-corrected chi connectivity index (χ0v) is 16.4. The van der Waals surface area contributed by atoms with Crippen LogP contribution < -0.4 is 9.62 Å². The van der Waals surface area contributed by atoms with Crippen molar-refractivity contribution in [1.82, 2.24) is 4.72 Å². The molecule has 0 aliphatic carbocycles. The molecule has 2 aromatic carbocycles. The molecule has 0 saturated heterocycles. The second-order valence-electron chi connectivity index (χ2n) is 7.05. The molecule has 0 radical (unpaired) electrons. The van der Waals surface area contributed by atoms with Gasteiger partial charge in [-0.05, 0) is 42.2 Å². The van der Waals surface area contributed by atoms with Crippen LogP contribution in [0.4, 0.5) is 11.4 Å². The molecule has 0 fully saturated rings. The van der Waals surface area contributed by atoms with Crippen molar-refractivity contribution >= 4 is 27.3 Å². The van der Waals surface area contributed by atoms with Crippen LogP contribution in [-0.4, -0.2) is 32.3 Å². The Bertz CT molecular complexity index is 1020. The lowest BCUT2D eigenvalue weighted by Gasteiger charge is -2.17. The standard InChI is InChI=1S/C19H21N3O5S/c1-13(2)12-20-28(26,27)17-7-4-15(5-8-17)19(23)21-10-9-14-3-6-16(22(24)25)11-18(14)21/h3-8,11,13,20H,9-10,12H2,1-2H3. The molecule has 1 aliphatic rings. The number of anilines is 1. The van der Waals surface area contributed by atoms with Crippen molar-refractivity contribution in [2.45, 2.75) is 25.2 Å². The van der Waals surface area contributed by atoms with Gasteiger partial charge < -0.3 is 4.90 Å². The highest BCUT2D eigenvalue weighted by Gasteiger charge is 2.27. The molecule has 1 aliphatic heterocycles. The first-order valence-corrected chi connectivity index (χ1v) is 10.4. The third-order valence-corrected chi connectivity index (χ3v) is 5.95. The molecule has 1 amide bonds. The van der Waals surface area contributed by atoms with Crippen LogP contribution >= 0.6 is 0 Å². The first kappa shape index (κ1) is 20.0. The van der Waals surface area contributed by atoms with Crippen LogP contribution in [-0.2, 0) is 16.4 Å². The van der Waals surface area contributed by atoms with Gasteiger partial charge in [0, 0.05) is 30.8 Å². The fourth-order valence-electron chi connectivity index (χ4n) is 2.98. The average Bonchev–Trinajstić information content (AvgIpc) is 3.09. The number of hydrogen-bond donors (Lipinski definition) is 1. The van der Waals surface area contributed by atoms with Crippen molar-refractivity contribution in [2.75, 3.05) is 18.0 Å². The Morgan fingerprint density at radius 1 is 1.21 bits per heavy atom. The minimum absolute atomic E-state index is 0.0730. The van der Waals surface area contributed by atoms with Gasteiger partial charge in [-0.3, -0.25) is 14.9 Å². The van der Waals surface area contributed by atoms with Crippen LogP contribution in [0.5, 0.6) is 0 Å². The van der Waals surface area contributed by atoms with Crippen LogP contribution in [0.3, 0.4) is 0 Å². The monoisotopic (exact) mass is 403 g/mol. The highest BCUT2D eigenvalue weighted by atomic mass is 32.2. The summed E-state index contributed by atoms with van der Waals surface area (Å²) in [5, 5.41) is 11.0. The first-order valence-electron chi connectivity index (χ1n) is 8.88. The summed E-state index contributed by atoms with van der Waals surface area (Å²) >= 11 is 0. The topological polar surface area (TPSA) is 110 Å². The molecule has 2 aromatic rings. The highest BCUT2D eigenvalue weighted by molar-refractivity contribution is 7.89. The maximum Gasteiger partial charge on any atom is 0.271 e. The van der Waals surface area contributed by atoms with Gasteiger partial charge in [0.2, 0.25) is 10.0 Å². The van der Waals surface area contributed by atoms with E-state index >= 15 is 0 Å². The fourth-order valence-corrected chi connectivity index (χ4v) is 4.20. The predicted molar refractivity (Wildman–Crippen MR) is 105 cm³/mol. The van der Waals surface area contributed by atoms with E-state index in [1.54, 1.807) is 6.07 Å². The number of rotatable bonds is 6. The van der Waals surface area contributed by atoms with Crippen LogP contribution in [0.1, 0.15) is 29.8 Å². The number of carbonyl (C=O) groups excluding carboxylic acids is 1. The Balaban J connectivity index is 1.82. The number of nitro groups is 1. The fraction of sp³-hybridized carbons (Fsp3) is 0.316. The largest absolute Gasteiger partial charge is 0.308 e. The van der Waals surface area contributed by atoms with E-state index in [1.165, 1.54) is 41.3 Å². The van der Waals surface area contributed by atoms with Crippen molar-refractivity contribution < 1.29 is 18.1 Å². The molecule has 0 aromatic heterocycles. The summed E-state index contributed by atoms with van der Waals surface area (Å²) in [6, 6.07) is 10.2. The van der Waals surface area contributed by atoms with Crippen molar-refractivity contribution in [3.63, 3.8) is 0 Å². The molecule has 148 valence electrons. The molecular formula is C19H21N3O5S. The molecule has 8 nitrogen and oxygen atoms in total. The van der Waals surface area contributed by atoms with Gasteiger partial charge in [-0.1, -0.05) is 19.9 Å². The van der Waals surface area contributed by atoms with E-state index in [9.17, 15) is 23.3 Å². The molecule has 28 heavy (non-hydrogen) atoms. The van der Waals surface area contributed by atoms with Gasteiger partial charge in [-0.25, -0.2) is 13.1 Å². The van der Waals surface area contributed by atoms with Gasteiger partial charge >= 0.3 is 0 Å². The van der Waals surface area contributed by atoms with E-state index in [2.05, 4.69) is 4.72 Å². The van der Waals surface area contributed by atoms with Crippen LogP contribution in [0.2, 0.25) is 0 Å². The molecule has 0 unspecified atom stereocenters. The van der Waals surface area contributed by atoms with Gasteiger partial charge in [0.15, 0.2) is 0 Å². The summed E-state index contributed by atoms with van der Waals surface area (Å²) < 4.78 is 27.1. The number of amides is 1. The highest BCUT2D eigenvalue weighted by Crippen LogP contribution is 2.32. The van der Waals surface area contributed by atoms with E-state index in [-0.39, 0.29) is 22.4 Å². The maximum absolute atomic E-state index is 12.9. The molecule has 9 heteroatoms. The van der Waals surface area contributed by atoms with Gasteiger partial charge in [0.05, 0.1) is 15.5 Å². The minimum Gasteiger partial charge on any atom is -0.308 e. The number of benzene rings is 2. The maximum atomic E-state index is 12.9. The quantitative estimate of drug-likeness (QED) is 0.589. The summed E-state index contributed by atoms with van der Waals surface area (Å²) in [4.78, 5) is 25.0. The summed E-state index contributed by atoms with van der Waals surface area (Å²) in [5.41, 5.74) is 1.64. The summed E-state index contributed by atoms with van der Waals surface area (Å²) in [6.45, 7) is 4.56. The molecule has 0 spiro atoms. The molecule has 3 rings (SSSR count). The van der Waals surface area contributed by atoms with E-state index in [0.717, 1.165) is 5.56 Å². The first-order chi connectivity index (χ1) is 13.2. The van der Waals surface area contributed by atoms with E-state index in [1.807, 2.05) is 13.8 Å². The summed E-state index contributed by atoms with van der Waals surface area (Å²) in [7, 11) is -3.63. The van der Waals surface area contributed by atoms with Gasteiger partial charge in [0.1, 0.15) is 0 Å². The SMILES string of the molecule is CC(C)CNS(=O)(=O)c1ccc(C(=O)N2CCc3ccc([N+](=O)[O-])cc32)cc1. The lowest BCUT2D eigenvalue weighted by molar-refractivity contribution is -0.384. The molecule has 0 atom stereocenters. The molecule has 0 saturated carbocycles. The third-order valence-electron chi connectivity index (χ3n) is 4.51. The zero-order chi connectivity index (χ0) is 20.5. The Kier molecular flexibility index (Phi) is 5.48. The molecule has 0 bridgehead atoms.